The largest absolute Gasteiger partial charge is 0.497 e. The lowest BCUT2D eigenvalue weighted by molar-refractivity contribution is -0.152. The summed E-state index contributed by atoms with van der Waals surface area (Å²) < 4.78 is 8.96. The number of methoxy groups -OCH3 is 1. The molecule has 0 bridgehead atoms. The summed E-state index contributed by atoms with van der Waals surface area (Å²) in [7, 11) is 1.62. The molecular weight excluding hydrogens is 420 g/mol. The summed E-state index contributed by atoms with van der Waals surface area (Å²) in [6.45, 7) is 9.59. The zero-order valence-electron chi connectivity index (χ0n) is 20.0. The molecule has 1 aliphatic carbocycles. The van der Waals surface area contributed by atoms with Gasteiger partial charge in [0.15, 0.2) is 10.5 Å². The van der Waals surface area contributed by atoms with Gasteiger partial charge < -0.3 is 9.47 Å². The second-order valence-corrected chi connectivity index (χ2v) is 10.1. The van der Waals surface area contributed by atoms with Crippen LogP contribution >= 0.6 is 12.6 Å². The predicted molar refractivity (Wildman–Crippen MR) is 131 cm³/mol. The van der Waals surface area contributed by atoms with Crippen LogP contribution in [0.2, 0.25) is 0 Å². The van der Waals surface area contributed by atoms with Gasteiger partial charge in [0.05, 0.1) is 13.7 Å². The third-order valence-corrected chi connectivity index (χ3v) is 6.89. The molecule has 1 fully saturated rings. The first-order chi connectivity index (χ1) is 15.0. The minimum Gasteiger partial charge on any atom is -0.497 e. The normalized spacial score (nSPS) is 15.7. The maximum atomic E-state index is 14.1. The summed E-state index contributed by atoms with van der Waals surface area (Å²) in [6, 6.07) is 11.8. The molecule has 3 rings (SSSR count). The Morgan fingerprint density at radius 1 is 1.06 bits per heavy atom. The molecule has 0 aromatic heterocycles. The second kappa shape index (κ2) is 9.30. The van der Waals surface area contributed by atoms with Crippen molar-refractivity contribution in [2.24, 2.45) is 5.41 Å². The predicted octanol–water partition coefficient (Wildman–Crippen LogP) is 5.72. The van der Waals surface area contributed by atoms with E-state index in [0.29, 0.717) is 17.9 Å². The molecule has 4 nitrogen and oxygen atoms in total. The minimum atomic E-state index is -1.68. The molecule has 0 radical (unpaired) electrons. The van der Waals surface area contributed by atoms with E-state index in [-0.39, 0.29) is 12.4 Å². The molecule has 0 N–H and O–H groups in total. The lowest BCUT2D eigenvalue weighted by Gasteiger charge is -2.36. The van der Waals surface area contributed by atoms with Crippen molar-refractivity contribution in [2.75, 3.05) is 13.7 Å². The maximum absolute atomic E-state index is 14.1. The number of aryl methyl sites for hydroxylation is 2. The van der Waals surface area contributed by atoms with Gasteiger partial charge in [0.2, 0.25) is 0 Å². The smallest absolute Gasteiger partial charge is 0.334 e. The zero-order valence-corrected chi connectivity index (χ0v) is 20.8. The summed E-state index contributed by atoms with van der Waals surface area (Å²) in [5.41, 5.74) is 3.87. The molecular formula is C27H34O4S. The van der Waals surface area contributed by atoms with E-state index in [1.807, 2.05) is 52.0 Å². The van der Waals surface area contributed by atoms with Gasteiger partial charge in [-0.1, -0.05) is 38.1 Å². The first kappa shape index (κ1) is 24.4. The topological polar surface area (TPSA) is 52.6 Å². The van der Waals surface area contributed by atoms with Gasteiger partial charge in [0.25, 0.3) is 0 Å². The molecule has 0 spiro atoms. The fourth-order valence-corrected chi connectivity index (χ4v) is 5.31. The van der Waals surface area contributed by atoms with Gasteiger partial charge in [-0.2, -0.15) is 0 Å². The molecule has 0 amide bonds. The number of ether oxygens (including phenoxy) is 2. The summed E-state index contributed by atoms with van der Waals surface area (Å²) in [4.78, 5) is 27.4. The molecule has 172 valence electrons. The number of ketones is 1. The van der Waals surface area contributed by atoms with Crippen LogP contribution in [0.4, 0.5) is 0 Å². The van der Waals surface area contributed by atoms with Crippen molar-refractivity contribution in [3.8, 4) is 5.75 Å². The molecule has 5 heteroatoms. The van der Waals surface area contributed by atoms with Crippen molar-refractivity contribution in [3.05, 3.63) is 64.2 Å². The summed E-state index contributed by atoms with van der Waals surface area (Å²) in [6.07, 6.45) is 2.85. The standard InChI is InChI=1S/C27H34O4S/c1-7-31-25(29)27(32,23-17(2)14-21(15-18(23)3)20-10-11-20)24(28)26(4,5)16-19-8-12-22(30-6)13-9-19/h8-9,12-15,20,32H,7,10-11,16H2,1-6H3. The van der Waals surface area contributed by atoms with Crippen molar-refractivity contribution in [3.63, 3.8) is 0 Å². The van der Waals surface area contributed by atoms with Crippen molar-refractivity contribution >= 4 is 24.4 Å². The Kier molecular flexibility index (Phi) is 7.09. The Morgan fingerprint density at radius 3 is 2.09 bits per heavy atom. The highest BCUT2D eigenvalue weighted by Gasteiger charge is 2.52. The van der Waals surface area contributed by atoms with Crippen LogP contribution in [0.25, 0.3) is 0 Å². The third-order valence-electron chi connectivity index (χ3n) is 6.28. The summed E-state index contributed by atoms with van der Waals surface area (Å²) in [5.74, 6) is 0.477. The Hall–Kier alpha value is -2.27. The number of hydrogen-bond acceptors (Lipinski definition) is 5. The molecule has 0 aliphatic heterocycles. The van der Waals surface area contributed by atoms with Gasteiger partial charge >= 0.3 is 5.97 Å². The highest BCUT2D eigenvalue weighted by Crippen LogP contribution is 2.46. The van der Waals surface area contributed by atoms with E-state index in [0.717, 1.165) is 22.4 Å². The van der Waals surface area contributed by atoms with Gasteiger partial charge in [0, 0.05) is 5.41 Å². The summed E-state index contributed by atoms with van der Waals surface area (Å²) in [5, 5.41) is 0. The van der Waals surface area contributed by atoms with Crippen LogP contribution in [0.5, 0.6) is 5.75 Å². The number of hydrogen-bond donors (Lipinski definition) is 1. The highest BCUT2D eigenvalue weighted by atomic mass is 32.1. The fourth-order valence-electron chi connectivity index (χ4n) is 4.59. The average molecular weight is 455 g/mol. The third kappa shape index (κ3) is 4.73. The first-order valence-electron chi connectivity index (χ1n) is 11.2. The molecule has 1 aliphatic rings. The van der Waals surface area contributed by atoms with Gasteiger partial charge in [-0.3, -0.25) is 4.79 Å². The van der Waals surface area contributed by atoms with E-state index in [4.69, 9.17) is 22.1 Å². The number of Topliss-reactive ketones (excluding diaryl/α,β-unsaturated/α-hetero) is 1. The van der Waals surface area contributed by atoms with Crippen molar-refractivity contribution in [2.45, 2.75) is 64.5 Å². The fraction of sp³-hybridized carbons (Fsp3) is 0.481. The van der Waals surface area contributed by atoms with Crippen molar-refractivity contribution < 1.29 is 19.1 Å². The van der Waals surface area contributed by atoms with Crippen LogP contribution in [0, 0.1) is 19.3 Å². The number of carbonyl (C=O) groups is 2. The van der Waals surface area contributed by atoms with Crippen LogP contribution in [-0.4, -0.2) is 25.5 Å². The van der Waals surface area contributed by atoms with Crippen LogP contribution in [0.3, 0.4) is 0 Å². The molecule has 2 aromatic carbocycles. The van der Waals surface area contributed by atoms with E-state index >= 15 is 0 Å². The molecule has 0 heterocycles. The van der Waals surface area contributed by atoms with Crippen LogP contribution in [-0.2, 0) is 25.5 Å². The van der Waals surface area contributed by atoms with E-state index in [1.165, 1.54) is 18.4 Å². The maximum Gasteiger partial charge on any atom is 0.334 e. The molecule has 1 unspecified atom stereocenters. The number of carbonyl (C=O) groups excluding carboxylic acids is 2. The van der Waals surface area contributed by atoms with Gasteiger partial charge in [0.1, 0.15) is 5.75 Å². The molecule has 0 saturated heterocycles. The molecule has 2 aromatic rings. The number of rotatable bonds is 9. The number of benzene rings is 2. The Morgan fingerprint density at radius 2 is 1.62 bits per heavy atom. The lowest BCUT2D eigenvalue weighted by atomic mass is 9.72. The second-order valence-electron chi connectivity index (χ2n) is 9.47. The first-order valence-corrected chi connectivity index (χ1v) is 11.7. The van der Waals surface area contributed by atoms with E-state index < -0.39 is 16.1 Å². The number of esters is 1. The van der Waals surface area contributed by atoms with Gasteiger partial charge in [-0.15, -0.1) is 12.6 Å². The molecule has 1 saturated carbocycles. The van der Waals surface area contributed by atoms with E-state index in [9.17, 15) is 9.59 Å². The molecule has 1 atom stereocenters. The monoisotopic (exact) mass is 454 g/mol. The molecule has 32 heavy (non-hydrogen) atoms. The zero-order chi connectivity index (χ0) is 23.7. The van der Waals surface area contributed by atoms with Crippen molar-refractivity contribution in [1.82, 2.24) is 0 Å². The highest BCUT2D eigenvalue weighted by molar-refractivity contribution is 7.83. The Labute approximate surface area is 197 Å². The SMILES string of the molecule is CCOC(=O)C(S)(C(=O)C(C)(C)Cc1ccc(OC)cc1)c1c(C)cc(C2CC2)cc1C. The Bertz CT molecular complexity index is 982. The van der Waals surface area contributed by atoms with Gasteiger partial charge in [-0.25, -0.2) is 4.79 Å². The van der Waals surface area contributed by atoms with Gasteiger partial charge in [-0.05, 0) is 85.9 Å². The lowest BCUT2D eigenvalue weighted by Crippen LogP contribution is -2.48. The summed E-state index contributed by atoms with van der Waals surface area (Å²) >= 11 is 4.82. The van der Waals surface area contributed by atoms with Crippen LogP contribution in [0.15, 0.2) is 36.4 Å². The van der Waals surface area contributed by atoms with E-state index in [2.05, 4.69) is 12.1 Å². The Balaban J connectivity index is 2.03. The van der Waals surface area contributed by atoms with E-state index in [1.54, 1.807) is 14.0 Å². The average Bonchev–Trinajstić information content (AvgIpc) is 3.58. The van der Waals surface area contributed by atoms with Crippen molar-refractivity contribution in [1.29, 1.82) is 0 Å². The van der Waals surface area contributed by atoms with Crippen LogP contribution in [0.1, 0.15) is 67.3 Å². The minimum absolute atomic E-state index is 0.186. The number of thiol groups is 1. The van der Waals surface area contributed by atoms with Crippen LogP contribution < -0.4 is 4.74 Å². The quantitative estimate of drug-likeness (QED) is 0.299.